The fourth-order valence-corrected chi connectivity index (χ4v) is 4.54. The summed E-state index contributed by atoms with van der Waals surface area (Å²) in [7, 11) is 0. The number of alkyl halides is 3. The molecule has 0 N–H and O–H groups in total. The van der Waals surface area contributed by atoms with Crippen LogP contribution in [0.15, 0.2) is 96.8 Å². The van der Waals surface area contributed by atoms with Gasteiger partial charge < -0.3 is 9.47 Å². The van der Waals surface area contributed by atoms with E-state index < -0.39 is 11.9 Å². The topological polar surface area (TPSA) is 36.3 Å². The van der Waals surface area contributed by atoms with Crippen LogP contribution in [0.25, 0.3) is 16.8 Å². The molecular weight excluding hydrogens is 536 g/mol. The molecule has 0 unspecified atom stereocenters. The molecule has 1 aromatic heterocycles. The number of halogens is 5. The molecule has 0 saturated carbocycles. The molecule has 0 saturated heterocycles. The minimum Gasteiger partial charge on any atom is -0.487 e. The molecular formula is C29H21Cl2F3N2O2. The number of nitrogens with zero attached hydrogens (tertiary/aromatic N) is 2. The fourth-order valence-electron chi connectivity index (χ4n) is 3.98. The molecule has 0 spiro atoms. The number of para-hydroxylation sites is 1. The molecule has 38 heavy (non-hydrogen) atoms. The van der Waals surface area contributed by atoms with Crippen molar-refractivity contribution in [2.75, 3.05) is 0 Å². The van der Waals surface area contributed by atoms with Crippen LogP contribution in [0.2, 0.25) is 10.0 Å². The largest absolute Gasteiger partial charge is 0.487 e. The first kappa shape index (κ1) is 25.9. The molecule has 0 amide bonds. The minimum atomic E-state index is -4.64. The van der Waals surface area contributed by atoms with Crippen molar-refractivity contribution >= 4 is 23.2 Å². The number of hydrogen-bond donors (Lipinski definition) is 0. The van der Waals surface area contributed by atoms with E-state index in [1.165, 1.54) is 12.1 Å². The molecule has 1 aliphatic rings. The second kappa shape index (κ2) is 11.0. The van der Waals surface area contributed by atoms with Crippen molar-refractivity contribution in [3.63, 3.8) is 0 Å². The van der Waals surface area contributed by atoms with Crippen molar-refractivity contribution in [1.82, 2.24) is 9.78 Å². The van der Waals surface area contributed by atoms with Crippen LogP contribution >= 0.6 is 23.2 Å². The third kappa shape index (κ3) is 5.90. The van der Waals surface area contributed by atoms with Crippen molar-refractivity contribution in [3.8, 4) is 28.3 Å². The van der Waals surface area contributed by atoms with Gasteiger partial charge in [-0.25, -0.2) is 4.68 Å². The van der Waals surface area contributed by atoms with Gasteiger partial charge in [0.2, 0.25) is 0 Å². The van der Waals surface area contributed by atoms with Crippen LogP contribution in [0.4, 0.5) is 13.2 Å². The highest BCUT2D eigenvalue weighted by molar-refractivity contribution is 6.37. The Hall–Kier alpha value is -3.68. The monoisotopic (exact) mass is 556 g/mol. The van der Waals surface area contributed by atoms with Crippen LogP contribution < -0.4 is 9.47 Å². The first-order valence-electron chi connectivity index (χ1n) is 11.8. The zero-order valence-electron chi connectivity index (χ0n) is 19.9. The van der Waals surface area contributed by atoms with Gasteiger partial charge in [-0.1, -0.05) is 65.7 Å². The summed E-state index contributed by atoms with van der Waals surface area (Å²) in [6, 6.07) is 20.6. The van der Waals surface area contributed by atoms with Gasteiger partial charge in [-0.3, -0.25) is 0 Å². The van der Waals surface area contributed by atoms with Gasteiger partial charge in [0, 0.05) is 6.42 Å². The van der Waals surface area contributed by atoms with E-state index in [0.29, 0.717) is 5.75 Å². The first-order chi connectivity index (χ1) is 18.3. The number of ether oxygens (including phenoxy) is 2. The van der Waals surface area contributed by atoms with E-state index in [1.54, 1.807) is 18.2 Å². The lowest BCUT2D eigenvalue weighted by atomic mass is 10.1. The van der Waals surface area contributed by atoms with Gasteiger partial charge >= 0.3 is 6.18 Å². The number of rotatable bonds is 7. The molecule has 0 fully saturated rings. The van der Waals surface area contributed by atoms with Crippen molar-refractivity contribution in [1.29, 1.82) is 0 Å². The van der Waals surface area contributed by atoms with Crippen LogP contribution in [0.5, 0.6) is 11.5 Å². The highest BCUT2D eigenvalue weighted by Crippen LogP contribution is 2.34. The van der Waals surface area contributed by atoms with E-state index in [2.05, 4.69) is 11.2 Å². The van der Waals surface area contributed by atoms with Gasteiger partial charge in [-0.2, -0.15) is 18.3 Å². The maximum absolute atomic E-state index is 13.4. The molecule has 3 aromatic carbocycles. The maximum Gasteiger partial charge on any atom is 0.435 e. The summed E-state index contributed by atoms with van der Waals surface area (Å²) in [5.41, 5.74) is 1.18. The Morgan fingerprint density at radius 3 is 2.08 bits per heavy atom. The van der Waals surface area contributed by atoms with Gasteiger partial charge in [0.15, 0.2) is 5.69 Å². The summed E-state index contributed by atoms with van der Waals surface area (Å²) in [4.78, 5) is 0. The van der Waals surface area contributed by atoms with E-state index in [-0.39, 0.29) is 28.0 Å². The highest BCUT2D eigenvalue weighted by Gasteiger charge is 2.35. The minimum absolute atomic E-state index is 0.149. The Morgan fingerprint density at radius 1 is 0.868 bits per heavy atom. The Kier molecular flexibility index (Phi) is 7.49. The molecule has 4 aromatic rings. The Bertz CT molecular complexity index is 1470. The van der Waals surface area contributed by atoms with Crippen molar-refractivity contribution < 1.29 is 22.6 Å². The molecule has 194 valence electrons. The number of hydrogen-bond acceptors (Lipinski definition) is 3. The third-order valence-corrected chi connectivity index (χ3v) is 6.49. The van der Waals surface area contributed by atoms with Gasteiger partial charge in [0.1, 0.15) is 29.6 Å². The summed E-state index contributed by atoms with van der Waals surface area (Å²) in [6.45, 7) is -0.180. The second-order valence-electron chi connectivity index (χ2n) is 8.54. The van der Waals surface area contributed by atoms with Crippen LogP contribution in [-0.2, 0) is 12.8 Å². The molecule has 0 bridgehead atoms. The van der Waals surface area contributed by atoms with Crippen molar-refractivity contribution in [2.24, 2.45) is 0 Å². The van der Waals surface area contributed by atoms with Gasteiger partial charge in [-0.05, 0) is 66.1 Å². The lowest BCUT2D eigenvalue weighted by Crippen LogP contribution is -2.09. The summed E-state index contributed by atoms with van der Waals surface area (Å²) >= 11 is 12.5. The first-order valence-corrected chi connectivity index (χ1v) is 12.5. The summed E-state index contributed by atoms with van der Waals surface area (Å²) in [5, 5.41) is 4.05. The summed E-state index contributed by atoms with van der Waals surface area (Å²) < 4.78 is 53.0. The van der Waals surface area contributed by atoms with Crippen LogP contribution in [0, 0.1) is 0 Å². The summed E-state index contributed by atoms with van der Waals surface area (Å²) in [5.74, 6) is 2.18. The Morgan fingerprint density at radius 2 is 1.50 bits per heavy atom. The van der Waals surface area contributed by atoms with E-state index in [9.17, 15) is 13.2 Å². The molecule has 1 heterocycles. The van der Waals surface area contributed by atoms with E-state index in [0.717, 1.165) is 46.2 Å². The van der Waals surface area contributed by atoms with Crippen molar-refractivity contribution in [2.45, 2.75) is 25.6 Å². The number of allylic oxidation sites excluding steroid dienone is 4. The smallest absolute Gasteiger partial charge is 0.435 e. The zero-order valence-corrected chi connectivity index (χ0v) is 21.4. The summed E-state index contributed by atoms with van der Waals surface area (Å²) in [6.07, 6.45) is 3.27. The van der Waals surface area contributed by atoms with Gasteiger partial charge in [0.05, 0.1) is 15.7 Å². The molecule has 0 aliphatic heterocycles. The lowest BCUT2D eigenvalue weighted by molar-refractivity contribution is -0.141. The average Bonchev–Trinajstić information content (AvgIpc) is 3.33. The maximum atomic E-state index is 13.4. The molecule has 1 aliphatic carbocycles. The van der Waals surface area contributed by atoms with Crippen LogP contribution in [0.1, 0.15) is 24.2 Å². The Balaban J connectivity index is 1.31. The molecule has 5 rings (SSSR count). The average molecular weight is 557 g/mol. The second-order valence-corrected chi connectivity index (χ2v) is 9.35. The highest BCUT2D eigenvalue weighted by atomic mass is 35.5. The lowest BCUT2D eigenvalue weighted by Gasteiger charge is -2.13. The zero-order chi connectivity index (χ0) is 26.7. The molecule has 9 heteroatoms. The molecule has 0 radical (unpaired) electrons. The quantitative estimate of drug-likeness (QED) is 0.228. The van der Waals surface area contributed by atoms with Crippen molar-refractivity contribution in [3.05, 3.63) is 118 Å². The third-order valence-electron chi connectivity index (χ3n) is 5.88. The standard InChI is InChI=1S/C29H21Cl2F3N2O2/c30-25-7-4-8-26(31)28(25)36-21(17-27(35-36)29(32,33)34)18-37-22-13-9-19(10-14-22)20-11-15-24(16-12-20)38-23-5-2-1-3-6-23/h1-2,4-5,7-17H,3,6,18H2. The predicted octanol–water partition coefficient (Wildman–Crippen LogP) is 9.06. The molecule has 0 atom stereocenters. The van der Waals surface area contributed by atoms with Gasteiger partial charge in [0.25, 0.3) is 0 Å². The Labute approximate surface area is 227 Å². The normalized spacial score (nSPS) is 13.3. The fraction of sp³-hybridized carbons (Fsp3) is 0.138. The van der Waals surface area contributed by atoms with E-state index >= 15 is 0 Å². The SMILES string of the molecule is FC(F)(F)c1cc(COc2ccc(-c3ccc(OC4=CC=CCC4)cc3)cc2)n(-c2c(Cl)cccc2Cl)n1. The van der Waals surface area contributed by atoms with Crippen LogP contribution in [0.3, 0.4) is 0 Å². The van der Waals surface area contributed by atoms with Crippen LogP contribution in [-0.4, -0.2) is 9.78 Å². The van der Waals surface area contributed by atoms with Gasteiger partial charge in [-0.15, -0.1) is 0 Å². The van der Waals surface area contributed by atoms with E-state index in [4.69, 9.17) is 32.7 Å². The number of aromatic nitrogens is 2. The molecule has 4 nitrogen and oxygen atoms in total. The predicted molar refractivity (Wildman–Crippen MR) is 142 cm³/mol. The number of benzene rings is 3. The van der Waals surface area contributed by atoms with E-state index in [1.807, 2.05) is 48.6 Å².